The summed E-state index contributed by atoms with van der Waals surface area (Å²) in [4.78, 5) is 18.3. The van der Waals surface area contributed by atoms with E-state index in [1.54, 1.807) is 6.07 Å². The van der Waals surface area contributed by atoms with Gasteiger partial charge in [-0.25, -0.2) is 13.4 Å². The van der Waals surface area contributed by atoms with Crippen LogP contribution in [-0.4, -0.2) is 20.3 Å². The van der Waals surface area contributed by atoms with Gasteiger partial charge in [0.25, 0.3) is 5.56 Å². The van der Waals surface area contributed by atoms with Crippen LogP contribution in [0.15, 0.2) is 51.9 Å². The molecule has 0 radical (unpaired) electrons. The lowest BCUT2D eigenvalue weighted by atomic mass is 10.0. The summed E-state index contributed by atoms with van der Waals surface area (Å²) in [5.74, 6) is -1.00. The number of hydrogen-bond acceptors (Lipinski definition) is 6. The van der Waals surface area contributed by atoms with Gasteiger partial charge >= 0.3 is 0 Å². The first-order valence-electron chi connectivity index (χ1n) is 7.15. The van der Waals surface area contributed by atoms with E-state index in [0.29, 0.717) is 16.8 Å². The molecule has 0 aliphatic heterocycles. The lowest BCUT2D eigenvalue weighted by molar-refractivity contribution is 0.314. The number of H-pyrrole nitrogens is 1. The van der Waals surface area contributed by atoms with Crippen molar-refractivity contribution in [3.05, 3.63) is 64.5 Å². The molecule has 2 heterocycles. The van der Waals surface area contributed by atoms with Gasteiger partial charge in [0.1, 0.15) is 11.6 Å². The molecule has 0 amide bonds. The summed E-state index contributed by atoms with van der Waals surface area (Å²) < 4.78 is 31.8. The normalized spacial score (nSPS) is 11.0. The Morgan fingerprint density at radius 3 is 2.60 bits per heavy atom. The minimum atomic E-state index is -0.550. The van der Waals surface area contributed by atoms with Gasteiger partial charge in [0.05, 0.1) is 0 Å². The van der Waals surface area contributed by atoms with Gasteiger partial charge in [0, 0.05) is 11.3 Å². The van der Waals surface area contributed by atoms with Crippen molar-refractivity contribution in [2.45, 2.75) is 0 Å². The maximum atomic E-state index is 14.4. The van der Waals surface area contributed by atoms with Crippen LogP contribution in [0.2, 0.25) is 0 Å². The Bertz CT molecular complexity index is 1120. The van der Waals surface area contributed by atoms with Gasteiger partial charge in [-0.2, -0.15) is 4.98 Å². The van der Waals surface area contributed by atoms with Crippen LogP contribution in [0.3, 0.4) is 0 Å². The molecule has 0 aliphatic rings. The molecule has 4 aromatic rings. The molecule has 0 saturated heterocycles. The smallest absolute Gasteiger partial charge is 0.292 e. The molecule has 0 fully saturated rings. The number of aromatic nitrogens is 4. The molecular weight excluding hydrogens is 332 g/mol. The first-order chi connectivity index (χ1) is 12.1. The number of rotatable bonds is 3. The average molecular weight is 341 g/mol. The minimum absolute atomic E-state index is 0.0721. The van der Waals surface area contributed by atoms with E-state index in [2.05, 4.69) is 30.2 Å². The Balaban J connectivity index is 1.67. The highest BCUT2D eigenvalue weighted by molar-refractivity contribution is 5.70. The zero-order valence-electron chi connectivity index (χ0n) is 12.5. The molecule has 25 heavy (non-hydrogen) atoms. The van der Waals surface area contributed by atoms with E-state index in [1.807, 2.05) is 0 Å². The second-order valence-electron chi connectivity index (χ2n) is 5.18. The van der Waals surface area contributed by atoms with Crippen molar-refractivity contribution in [2.24, 2.45) is 0 Å². The molecule has 2 N–H and O–H groups in total. The van der Waals surface area contributed by atoms with Crippen LogP contribution >= 0.6 is 0 Å². The van der Waals surface area contributed by atoms with Crippen molar-refractivity contribution in [3.63, 3.8) is 0 Å². The predicted molar refractivity (Wildman–Crippen MR) is 85.3 cm³/mol. The summed E-state index contributed by atoms with van der Waals surface area (Å²) in [7, 11) is 0. The van der Waals surface area contributed by atoms with Crippen molar-refractivity contribution < 1.29 is 13.4 Å². The Kier molecular flexibility index (Phi) is 3.46. The Hall–Kier alpha value is -3.62. The molecule has 2 aromatic heterocycles. The average Bonchev–Trinajstić information content (AvgIpc) is 3.03. The van der Waals surface area contributed by atoms with Crippen molar-refractivity contribution in [3.8, 4) is 11.1 Å². The maximum absolute atomic E-state index is 14.4. The summed E-state index contributed by atoms with van der Waals surface area (Å²) in [5.41, 5.74) is 0.849. The van der Waals surface area contributed by atoms with Crippen LogP contribution in [0.1, 0.15) is 0 Å². The number of halogens is 2. The van der Waals surface area contributed by atoms with Crippen molar-refractivity contribution in [1.29, 1.82) is 0 Å². The number of nitrogens with one attached hydrogen (secondary N) is 2. The van der Waals surface area contributed by atoms with Gasteiger partial charge in [-0.05, 0) is 46.2 Å². The fourth-order valence-electron chi connectivity index (χ4n) is 2.34. The number of aromatic amines is 1. The predicted octanol–water partition coefficient (Wildman–Crippen LogP) is 2.99. The SMILES string of the molecule is O=c1[nH]c2nonc2nc1Nc1ccc(-c2ccc(F)cc2)c(F)c1. The topological polar surface area (TPSA) is 96.7 Å². The second-order valence-corrected chi connectivity index (χ2v) is 5.18. The van der Waals surface area contributed by atoms with E-state index >= 15 is 0 Å². The lowest BCUT2D eigenvalue weighted by Crippen LogP contribution is -2.13. The fourth-order valence-corrected chi connectivity index (χ4v) is 2.34. The maximum Gasteiger partial charge on any atom is 0.292 e. The van der Waals surface area contributed by atoms with Crippen molar-refractivity contribution >= 4 is 22.8 Å². The highest BCUT2D eigenvalue weighted by Crippen LogP contribution is 2.26. The first kappa shape index (κ1) is 14.9. The lowest BCUT2D eigenvalue weighted by Gasteiger charge is -2.08. The molecule has 0 unspecified atom stereocenters. The number of hydrogen-bond donors (Lipinski definition) is 2. The van der Waals surface area contributed by atoms with E-state index in [-0.39, 0.29) is 17.1 Å². The van der Waals surface area contributed by atoms with Crippen LogP contribution in [0.5, 0.6) is 0 Å². The van der Waals surface area contributed by atoms with Crippen LogP contribution in [0.25, 0.3) is 22.4 Å². The highest BCUT2D eigenvalue weighted by Gasteiger charge is 2.11. The number of anilines is 2. The highest BCUT2D eigenvalue weighted by atomic mass is 19.1. The van der Waals surface area contributed by atoms with Crippen LogP contribution in [0.4, 0.5) is 20.3 Å². The molecule has 0 spiro atoms. The molecule has 4 rings (SSSR count). The Labute approximate surface area is 138 Å². The van der Waals surface area contributed by atoms with Gasteiger partial charge in [0.2, 0.25) is 11.3 Å². The van der Waals surface area contributed by atoms with Gasteiger partial charge in [0.15, 0.2) is 5.82 Å². The summed E-state index contributed by atoms with van der Waals surface area (Å²) in [6.07, 6.45) is 0. The fraction of sp³-hybridized carbons (Fsp3) is 0. The summed E-state index contributed by atoms with van der Waals surface area (Å²) in [6, 6.07) is 9.79. The molecule has 9 heteroatoms. The Morgan fingerprint density at radius 2 is 1.84 bits per heavy atom. The molecule has 0 aliphatic carbocycles. The van der Waals surface area contributed by atoms with Crippen LogP contribution < -0.4 is 10.9 Å². The monoisotopic (exact) mass is 341 g/mol. The molecule has 2 aromatic carbocycles. The standard InChI is InChI=1S/C16H9F2N5O2/c17-9-3-1-8(2-4-9)11-6-5-10(7-12(11)18)19-15-16(24)21-14-13(20-15)22-25-23-14/h1-7H,(H,19,20,22)(H,21,23,24). The van der Waals surface area contributed by atoms with Gasteiger partial charge in [-0.3, -0.25) is 9.78 Å². The molecule has 0 bridgehead atoms. The van der Waals surface area contributed by atoms with E-state index in [1.165, 1.54) is 36.4 Å². The third-order valence-corrected chi connectivity index (χ3v) is 3.52. The number of fused-ring (bicyclic) bond motifs is 1. The molecule has 7 nitrogen and oxygen atoms in total. The van der Waals surface area contributed by atoms with Crippen LogP contribution in [-0.2, 0) is 0 Å². The van der Waals surface area contributed by atoms with E-state index in [9.17, 15) is 13.6 Å². The van der Waals surface area contributed by atoms with Crippen molar-refractivity contribution in [1.82, 2.24) is 20.3 Å². The van der Waals surface area contributed by atoms with E-state index < -0.39 is 17.2 Å². The Morgan fingerprint density at radius 1 is 1.04 bits per heavy atom. The third kappa shape index (κ3) is 2.82. The van der Waals surface area contributed by atoms with Gasteiger partial charge in [-0.1, -0.05) is 12.1 Å². The summed E-state index contributed by atoms with van der Waals surface area (Å²) in [5, 5.41) is 9.72. The largest absolute Gasteiger partial charge is 0.335 e. The van der Waals surface area contributed by atoms with Gasteiger partial charge in [-0.15, -0.1) is 0 Å². The van der Waals surface area contributed by atoms with Crippen LogP contribution in [0, 0.1) is 11.6 Å². The third-order valence-electron chi connectivity index (χ3n) is 3.52. The van der Waals surface area contributed by atoms with E-state index in [4.69, 9.17) is 0 Å². The number of benzene rings is 2. The first-order valence-corrected chi connectivity index (χ1v) is 7.15. The van der Waals surface area contributed by atoms with Gasteiger partial charge < -0.3 is 5.32 Å². The molecular formula is C16H9F2N5O2. The van der Waals surface area contributed by atoms with Crippen molar-refractivity contribution in [2.75, 3.05) is 5.32 Å². The second kappa shape index (κ2) is 5.78. The molecule has 0 saturated carbocycles. The summed E-state index contributed by atoms with van der Waals surface area (Å²) in [6.45, 7) is 0. The zero-order chi connectivity index (χ0) is 17.4. The zero-order valence-corrected chi connectivity index (χ0v) is 12.5. The molecule has 124 valence electrons. The number of nitrogens with zero attached hydrogens (tertiary/aromatic N) is 3. The summed E-state index contributed by atoms with van der Waals surface area (Å²) >= 11 is 0. The quantitative estimate of drug-likeness (QED) is 0.595. The minimum Gasteiger partial charge on any atom is -0.335 e. The van der Waals surface area contributed by atoms with E-state index in [0.717, 1.165) is 0 Å². The molecule has 0 atom stereocenters.